The van der Waals surface area contributed by atoms with Gasteiger partial charge in [0.2, 0.25) is 0 Å². The Hall–Kier alpha value is -2.07. The van der Waals surface area contributed by atoms with Gasteiger partial charge in [-0.1, -0.05) is 25.1 Å². The Morgan fingerprint density at radius 3 is 2.56 bits per heavy atom. The third-order valence-corrected chi connectivity index (χ3v) is 4.78. The van der Waals surface area contributed by atoms with Crippen LogP contribution in [0.1, 0.15) is 43.8 Å². The summed E-state index contributed by atoms with van der Waals surface area (Å²) < 4.78 is 4.48. The average Bonchev–Trinajstić information content (AvgIpc) is 3.08. The topological polar surface area (TPSA) is 34.8 Å². The first kappa shape index (κ1) is 17.7. The van der Waals surface area contributed by atoms with Crippen LogP contribution in [-0.2, 0) is 13.1 Å². The van der Waals surface area contributed by atoms with Crippen molar-refractivity contribution in [1.82, 2.24) is 19.7 Å². The van der Waals surface area contributed by atoms with E-state index in [0.717, 1.165) is 25.3 Å². The summed E-state index contributed by atoms with van der Waals surface area (Å²) >= 11 is 0. The summed E-state index contributed by atoms with van der Waals surface area (Å²) in [5.41, 5.74) is 5.04. The monoisotopic (exact) mass is 338 g/mol. The highest BCUT2D eigenvalue weighted by Crippen LogP contribution is 2.24. The van der Waals surface area contributed by atoms with Crippen LogP contribution in [0.25, 0.3) is 10.9 Å². The highest BCUT2D eigenvalue weighted by atomic mass is 15.3. The zero-order chi connectivity index (χ0) is 18.0. The molecule has 134 valence electrons. The van der Waals surface area contributed by atoms with Crippen molar-refractivity contribution in [1.29, 1.82) is 0 Å². The second kappa shape index (κ2) is 7.44. The number of hydrogen-bond acceptors (Lipinski definition) is 2. The first-order valence-electron chi connectivity index (χ1n) is 9.26. The number of aryl methyl sites for hydroxylation is 2. The van der Waals surface area contributed by atoms with Gasteiger partial charge in [-0.3, -0.25) is 4.68 Å². The van der Waals surface area contributed by atoms with Crippen molar-refractivity contribution in [2.75, 3.05) is 6.54 Å². The van der Waals surface area contributed by atoms with E-state index in [-0.39, 0.29) is 0 Å². The number of benzene rings is 1. The van der Waals surface area contributed by atoms with Crippen molar-refractivity contribution in [2.24, 2.45) is 5.92 Å². The molecule has 1 atom stereocenters. The number of aromatic nitrogens is 3. The molecule has 2 heterocycles. The molecule has 0 saturated heterocycles. The summed E-state index contributed by atoms with van der Waals surface area (Å²) in [7, 11) is 0. The van der Waals surface area contributed by atoms with E-state index >= 15 is 0 Å². The van der Waals surface area contributed by atoms with Crippen LogP contribution >= 0.6 is 0 Å². The predicted octanol–water partition coefficient (Wildman–Crippen LogP) is 4.46. The average molecular weight is 338 g/mol. The van der Waals surface area contributed by atoms with Crippen LogP contribution < -0.4 is 5.32 Å². The molecule has 0 fully saturated rings. The van der Waals surface area contributed by atoms with Crippen LogP contribution in [0.2, 0.25) is 0 Å². The molecule has 4 nitrogen and oxygen atoms in total. The van der Waals surface area contributed by atoms with Crippen LogP contribution in [0.5, 0.6) is 0 Å². The van der Waals surface area contributed by atoms with Crippen molar-refractivity contribution in [3.8, 4) is 0 Å². The first-order chi connectivity index (χ1) is 12.0. The lowest BCUT2D eigenvalue weighted by Gasteiger charge is -2.14. The van der Waals surface area contributed by atoms with Gasteiger partial charge in [0.1, 0.15) is 0 Å². The molecule has 2 aromatic heterocycles. The van der Waals surface area contributed by atoms with E-state index in [1.807, 2.05) is 0 Å². The summed E-state index contributed by atoms with van der Waals surface area (Å²) in [6.07, 6.45) is 2.30. The molecule has 1 aromatic carbocycles. The molecule has 0 bridgehead atoms. The minimum absolute atomic E-state index is 0.476. The summed E-state index contributed by atoms with van der Waals surface area (Å²) in [6, 6.07) is 11.3. The van der Waals surface area contributed by atoms with Crippen LogP contribution in [0, 0.1) is 19.8 Å². The predicted molar refractivity (Wildman–Crippen MR) is 105 cm³/mol. The molecule has 0 aliphatic carbocycles. The number of para-hydroxylation sites is 1. The Labute approximate surface area is 150 Å². The third-order valence-electron chi connectivity index (χ3n) is 4.78. The molecule has 4 heteroatoms. The molecule has 3 aromatic rings. The lowest BCUT2D eigenvalue weighted by molar-refractivity contribution is 0.416. The first-order valence-corrected chi connectivity index (χ1v) is 9.26. The summed E-state index contributed by atoms with van der Waals surface area (Å²) in [4.78, 5) is 0. The highest BCUT2D eigenvalue weighted by molar-refractivity contribution is 5.84. The Kier molecular flexibility index (Phi) is 5.28. The van der Waals surface area contributed by atoms with Crippen LogP contribution in [0.4, 0.5) is 0 Å². The van der Waals surface area contributed by atoms with Crippen molar-refractivity contribution in [2.45, 2.75) is 53.8 Å². The molecule has 0 aliphatic rings. The maximum Gasteiger partial charge on any atom is 0.0596 e. The zero-order valence-electron chi connectivity index (χ0n) is 16.1. The van der Waals surface area contributed by atoms with Gasteiger partial charge < -0.3 is 9.88 Å². The quantitative estimate of drug-likeness (QED) is 0.690. The molecule has 0 saturated carbocycles. The van der Waals surface area contributed by atoms with Crippen molar-refractivity contribution < 1.29 is 0 Å². The second-order valence-electron chi connectivity index (χ2n) is 7.52. The molecule has 0 radical (unpaired) electrons. The zero-order valence-corrected chi connectivity index (χ0v) is 16.1. The molecule has 1 N–H and O–H groups in total. The maximum absolute atomic E-state index is 4.57. The van der Waals surface area contributed by atoms with Crippen molar-refractivity contribution >= 4 is 10.9 Å². The number of fused-ring (bicyclic) bond motifs is 1. The number of rotatable bonds is 7. The lowest BCUT2D eigenvalue weighted by atomic mass is 10.1. The standard InChI is InChI=1S/C21H30N4/c1-15(2)24-14-19(20-8-6-7-9-21(20)24)12-22-11-16(3)13-25-18(5)10-17(4)23-25/h6-10,14-16,22H,11-13H2,1-5H3. The fraction of sp³-hybridized carbons (Fsp3) is 0.476. The van der Waals surface area contributed by atoms with E-state index in [2.05, 4.69) is 90.8 Å². The fourth-order valence-electron chi connectivity index (χ4n) is 3.52. The van der Waals surface area contributed by atoms with Gasteiger partial charge in [-0.25, -0.2) is 0 Å². The van der Waals surface area contributed by atoms with Crippen molar-refractivity contribution in [3.05, 3.63) is 53.5 Å². The van der Waals surface area contributed by atoms with E-state index in [1.54, 1.807) is 0 Å². The Morgan fingerprint density at radius 2 is 1.88 bits per heavy atom. The molecular weight excluding hydrogens is 308 g/mol. The minimum atomic E-state index is 0.476. The van der Waals surface area contributed by atoms with Gasteiger partial charge in [0, 0.05) is 41.9 Å². The Morgan fingerprint density at radius 1 is 1.12 bits per heavy atom. The summed E-state index contributed by atoms with van der Waals surface area (Å²) in [5, 5.41) is 9.56. The lowest BCUT2D eigenvalue weighted by Crippen LogP contribution is -2.24. The van der Waals surface area contributed by atoms with Gasteiger partial charge in [0.05, 0.1) is 5.69 Å². The maximum atomic E-state index is 4.57. The third kappa shape index (κ3) is 3.96. The van der Waals surface area contributed by atoms with Crippen LogP contribution in [0.3, 0.4) is 0 Å². The molecular formula is C21H30N4. The van der Waals surface area contributed by atoms with Gasteiger partial charge in [0.15, 0.2) is 0 Å². The van der Waals surface area contributed by atoms with Gasteiger partial charge in [-0.15, -0.1) is 0 Å². The normalized spacial score (nSPS) is 13.0. The van der Waals surface area contributed by atoms with Gasteiger partial charge >= 0.3 is 0 Å². The minimum Gasteiger partial charge on any atom is -0.345 e. The molecule has 25 heavy (non-hydrogen) atoms. The fourth-order valence-corrected chi connectivity index (χ4v) is 3.52. The van der Waals surface area contributed by atoms with E-state index in [0.29, 0.717) is 12.0 Å². The highest BCUT2D eigenvalue weighted by Gasteiger charge is 2.11. The number of nitrogens with one attached hydrogen (secondary N) is 1. The van der Waals surface area contributed by atoms with Gasteiger partial charge in [-0.2, -0.15) is 5.10 Å². The second-order valence-corrected chi connectivity index (χ2v) is 7.52. The summed E-state index contributed by atoms with van der Waals surface area (Å²) in [6.45, 7) is 13.8. The molecule has 0 amide bonds. The van der Waals surface area contributed by atoms with Gasteiger partial charge in [0.25, 0.3) is 0 Å². The molecule has 0 spiro atoms. The van der Waals surface area contributed by atoms with E-state index in [1.165, 1.54) is 22.2 Å². The van der Waals surface area contributed by atoms with E-state index in [4.69, 9.17) is 0 Å². The Balaban J connectivity index is 1.62. The smallest absolute Gasteiger partial charge is 0.0596 e. The Bertz CT molecular complexity index is 841. The largest absolute Gasteiger partial charge is 0.345 e. The molecule has 1 unspecified atom stereocenters. The van der Waals surface area contributed by atoms with Crippen molar-refractivity contribution in [3.63, 3.8) is 0 Å². The van der Waals surface area contributed by atoms with Crippen LogP contribution in [0.15, 0.2) is 36.5 Å². The summed E-state index contributed by atoms with van der Waals surface area (Å²) in [5.74, 6) is 0.538. The van der Waals surface area contributed by atoms with Crippen LogP contribution in [-0.4, -0.2) is 20.9 Å². The van der Waals surface area contributed by atoms with E-state index in [9.17, 15) is 0 Å². The number of nitrogens with zero attached hydrogens (tertiary/aromatic N) is 3. The molecule has 0 aliphatic heterocycles. The van der Waals surface area contributed by atoms with Gasteiger partial charge in [-0.05, 0) is 57.9 Å². The van der Waals surface area contributed by atoms with E-state index < -0.39 is 0 Å². The SMILES string of the molecule is Cc1cc(C)n(CC(C)CNCc2cn(C(C)C)c3ccccc23)n1. The molecule has 3 rings (SSSR count). The number of hydrogen-bond donors (Lipinski definition) is 1.